The number of hydrogen-bond donors (Lipinski definition) is 2. The molecule has 1 aliphatic carbocycles. The molecule has 19 heavy (non-hydrogen) atoms. The molecule has 100 valence electrons. The predicted molar refractivity (Wildman–Crippen MR) is 69.8 cm³/mol. The average molecular weight is 260 g/mol. The van der Waals surface area contributed by atoms with Crippen LogP contribution in [-0.4, -0.2) is 24.0 Å². The third-order valence-corrected chi connectivity index (χ3v) is 3.56. The molecule has 0 spiro atoms. The van der Waals surface area contributed by atoms with Gasteiger partial charge in [-0.15, -0.1) is 0 Å². The number of fused-ring (bicyclic) bond motifs is 1. The fraction of sp³-hybridized carbons (Fsp3) is 0.429. The molecular formula is C14H16N2O3. The Bertz CT molecular complexity index is 539. The number of amides is 2. The van der Waals surface area contributed by atoms with Gasteiger partial charge in [0.1, 0.15) is 5.75 Å². The van der Waals surface area contributed by atoms with Crippen LogP contribution in [0.25, 0.3) is 0 Å². The van der Waals surface area contributed by atoms with Gasteiger partial charge >= 0.3 is 0 Å². The first-order valence-corrected chi connectivity index (χ1v) is 6.47. The van der Waals surface area contributed by atoms with Crippen LogP contribution in [0.1, 0.15) is 19.8 Å². The molecule has 1 atom stereocenters. The lowest BCUT2D eigenvalue weighted by Gasteiger charge is -2.33. The van der Waals surface area contributed by atoms with Crippen molar-refractivity contribution in [2.75, 3.05) is 11.9 Å². The van der Waals surface area contributed by atoms with E-state index in [9.17, 15) is 9.59 Å². The maximum absolute atomic E-state index is 12.2. The van der Waals surface area contributed by atoms with Crippen LogP contribution >= 0.6 is 0 Å². The SMILES string of the molecule is CC1(C(=O)NCC2CC2)Oc2ccccc2NC1=O. The normalized spacial score (nSPS) is 25.0. The molecular weight excluding hydrogens is 244 g/mol. The molecule has 0 saturated heterocycles. The average Bonchev–Trinajstić information content (AvgIpc) is 3.21. The number of ether oxygens (including phenoxy) is 1. The highest BCUT2D eigenvalue weighted by Crippen LogP contribution is 2.33. The summed E-state index contributed by atoms with van der Waals surface area (Å²) < 4.78 is 5.62. The second-order valence-corrected chi connectivity index (χ2v) is 5.24. The molecule has 1 aromatic rings. The summed E-state index contributed by atoms with van der Waals surface area (Å²) in [5, 5.41) is 5.50. The van der Waals surface area contributed by atoms with E-state index in [2.05, 4.69) is 10.6 Å². The van der Waals surface area contributed by atoms with Crippen molar-refractivity contribution in [2.24, 2.45) is 5.92 Å². The minimum atomic E-state index is -1.50. The molecule has 5 heteroatoms. The third kappa shape index (κ3) is 2.16. The Labute approximate surface area is 111 Å². The molecule has 1 unspecified atom stereocenters. The van der Waals surface area contributed by atoms with Gasteiger partial charge in [-0.2, -0.15) is 0 Å². The van der Waals surface area contributed by atoms with Crippen molar-refractivity contribution in [2.45, 2.75) is 25.4 Å². The van der Waals surface area contributed by atoms with Crippen LogP contribution in [-0.2, 0) is 9.59 Å². The summed E-state index contributed by atoms with van der Waals surface area (Å²) in [7, 11) is 0. The lowest BCUT2D eigenvalue weighted by molar-refractivity contribution is -0.146. The lowest BCUT2D eigenvalue weighted by atomic mass is 10.0. The molecule has 0 aromatic heterocycles. The van der Waals surface area contributed by atoms with Crippen molar-refractivity contribution in [3.63, 3.8) is 0 Å². The molecule has 3 rings (SSSR count). The van der Waals surface area contributed by atoms with E-state index >= 15 is 0 Å². The summed E-state index contributed by atoms with van der Waals surface area (Å²) in [5.74, 6) is 0.267. The van der Waals surface area contributed by atoms with Crippen LogP contribution in [0.5, 0.6) is 5.75 Å². The number of rotatable bonds is 3. The van der Waals surface area contributed by atoms with Gasteiger partial charge in [0.25, 0.3) is 17.4 Å². The number of nitrogens with one attached hydrogen (secondary N) is 2. The van der Waals surface area contributed by atoms with E-state index in [4.69, 9.17) is 4.74 Å². The van der Waals surface area contributed by atoms with Gasteiger partial charge in [-0.05, 0) is 37.8 Å². The fourth-order valence-corrected chi connectivity index (χ4v) is 2.04. The molecule has 2 N–H and O–H groups in total. The van der Waals surface area contributed by atoms with Crippen LogP contribution in [0.15, 0.2) is 24.3 Å². The van der Waals surface area contributed by atoms with Gasteiger partial charge in [0.15, 0.2) is 0 Å². The molecule has 1 aromatic carbocycles. The first-order valence-electron chi connectivity index (χ1n) is 6.47. The number of benzene rings is 1. The molecule has 1 heterocycles. The van der Waals surface area contributed by atoms with E-state index in [1.165, 1.54) is 6.92 Å². The minimum absolute atomic E-state index is 0.383. The maximum atomic E-state index is 12.2. The van der Waals surface area contributed by atoms with Gasteiger partial charge in [0.2, 0.25) is 0 Å². The molecule has 5 nitrogen and oxygen atoms in total. The minimum Gasteiger partial charge on any atom is -0.466 e. The predicted octanol–water partition coefficient (Wildman–Crippen LogP) is 1.30. The number of hydrogen-bond acceptors (Lipinski definition) is 3. The standard InChI is InChI=1S/C14H16N2O3/c1-14(12(17)15-8-9-6-7-9)13(18)16-10-4-2-3-5-11(10)19-14/h2-5,9H,6-8H2,1H3,(H,15,17)(H,16,18). The Hall–Kier alpha value is -2.04. The highest BCUT2D eigenvalue weighted by atomic mass is 16.5. The van der Waals surface area contributed by atoms with Crippen molar-refractivity contribution in [3.8, 4) is 5.75 Å². The first kappa shape index (κ1) is 12.0. The van der Waals surface area contributed by atoms with Crippen molar-refractivity contribution in [3.05, 3.63) is 24.3 Å². The monoisotopic (exact) mass is 260 g/mol. The van der Waals surface area contributed by atoms with Gasteiger partial charge < -0.3 is 15.4 Å². The molecule has 2 amide bonds. The Morgan fingerprint density at radius 3 is 2.95 bits per heavy atom. The van der Waals surface area contributed by atoms with Crippen molar-refractivity contribution < 1.29 is 14.3 Å². The Balaban J connectivity index is 1.79. The number of anilines is 1. The van der Waals surface area contributed by atoms with Crippen LogP contribution in [0, 0.1) is 5.92 Å². The van der Waals surface area contributed by atoms with Crippen LogP contribution < -0.4 is 15.4 Å². The largest absolute Gasteiger partial charge is 0.466 e. The summed E-state index contributed by atoms with van der Waals surface area (Å²) in [6.45, 7) is 2.12. The first-order chi connectivity index (χ1) is 9.09. The Kier molecular flexibility index (Phi) is 2.69. The highest BCUT2D eigenvalue weighted by molar-refractivity contribution is 6.15. The zero-order chi connectivity index (χ0) is 13.5. The molecule has 2 aliphatic rings. The van der Waals surface area contributed by atoms with Gasteiger partial charge in [0.05, 0.1) is 5.69 Å². The summed E-state index contributed by atoms with van der Waals surface area (Å²) in [4.78, 5) is 24.3. The molecule has 1 saturated carbocycles. The Morgan fingerprint density at radius 1 is 1.47 bits per heavy atom. The van der Waals surface area contributed by atoms with Crippen LogP contribution in [0.3, 0.4) is 0 Å². The smallest absolute Gasteiger partial charge is 0.278 e. The molecule has 1 fully saturated rings. The van der Waals surface area contributed by atoms with Crippen molar-refractivity contribution >= 4 is 17.5 Å². The molecule has 1 aliphatic heterocycles. The maximum Gasteiger partial charge on any atom is 0.278 e. The zero-order valence-corrected chi connectivity index (χ0v) is 10.7. The van der Waals surface area contributed by atoms with Crippen molar-refractivity contribution in [1.82, 2.24) is 5.32 Å². The Morgan fingerprint density at radius 2 is 2.21 bits per heavy atom. The van der Waals surface area contributed by atoms with E-state index in [1.807, 2.05) is 0 Å². The second kappa shape index (κ2) is 4.26. The quantitative estimate of drug-likeness (QED) is 0.805. The topological polar surface area (TPSA) is 67.4 Å². The van der Waals surface area contributed by atoms with Gasteiger partial charge in [-0.3, -0.25) is 9.59 Å². The zero-order valence-electron chi connectivity index (χ0n) is 10.7. The fourth-order valence-electron chi connectivity index (χ4n) is 2.04. The van der Waals surface area contributed by atoms with Crippen LogP contribution in [0.2, 0.25) is 0 Å². The van der Waals surface area contributed by atoms with Crippen molar-refractivity contribution in [1.29, 1.82) is 0 Å². The third-order valence-electron chi connectivity index (χ3n) is 3.56. The molecule has 0 radical (unpaired) electrons. The molecule has 0 bridgehead atoms. The summed E-state index contributed by atoms with van der Waals surface area (Å²) in [6.07, 6.45) is 2.29. The van der Waals surface area contributed by atoms with Gasteiger partial charge in [-0.25, -0.2) is 0 Å². The van der Waals surface area contributed by atoms with Crippen LogP contribution in [0.4, 0.5) is 5.69 Å². The number of para-hydroxylation sites is 2. The summed E-state index contributed by atoms with van der Waals surface area (Å²) in [6, 6.07) is 7.09. The summed E-state index contributed by atoms with van der Waals surface area (Å²) in [5.41, 5.74) is -0.900. The van der Waals surface area contributed by atoms with E-state index in [0.29, 0.717) is 23.9 Å². The number of carbonyl (C=O) groups is 2. The second-order valence-electron chi connectivity index (χ2n) is 5.24. The highest BCUT2D eigenvalue weighted by Gasteiger charge is 2.47. The van der Waals surface area contributed by atoms with E-state index in [-0.39, 0.29) is 5.91 Å². The van der Waals surface area contributed by atoms with Gasteiger partial charge in [-0.1, -0.05) is 12.1 Å². The van der Waals surface area contributed by atoms with E-state index < -0.39 is 11.5 Å². The van der Waals surface area contributed by atoms with E-state index in [0.717, 1.165) is 12.8 Å². The van der Waals surface area contributed by atoms with Gasteiger partial charge in [0, 0.05) is 6.54 Å². The van der Waals surface area contributed by atoms with E-state index in [1.54, 1.807) is 24.3 Å². The lowest BCUT2D eigenvalue weighted by Crippen LogP contribution is -2.58. The summed E-state index contributed by atoms with van der Waals surface area (Å²) >= 11 is 0. The number of carbonyl (C=O) groups excluding carboxylic acids is 2.